The van der Waals surface area contributed by atoms with Crippen LogP contribution < -0.4 is 0 Å². The van der Waals surface area contributed by atoms with Gasteiger partial charge in [-0.3, -0.25) is 0 Å². The molecule has 0 saturated carbocycles. The number of carboxylic acids is 1. The number of benzene rings is 1. The fourth-order valence-electron chi connectivity index (χ4n) is 1.09. The number of aromatic carboxylic acids is 1. The van der Waals surface area contributed by atoms with Crippen molar-refractivity contribution in [2.45, 2.75) is 0 Å². The lowest BCUT2D eigenvalue weighted by Gasteiger charge is -1.93. The Balaban J connectivity index is 2.82. The van der Waals surface area contributed by atoms with Gasteiger partial charge in [-0.05, 0) is 12.1 Å². The van der Waals surface area contributed by atoms with E-state index in [1.807, 2.05) is 0 Å². The summed E-state index contributed by atoms with van der Waals surface area (Å²) in [4.78, 5) is 14.2. The van der Waals surface area contributed by atoms with Gasteiger partial charge in [0.2, 0.25) is 0 Å². The van der Waals surface area contributed by atoms with Gasteiger partial charge < -0.3 is 5.11 Å². The zero-order valence-electron chi connectivity index (χ0n) is 6.32. The Labute approximate surface area is 76.5 Å². The second-order valence-corrected chi connectivity index (χ2v) is 3.38. The second kappa shape index (κ2) is 2.77. The zero-order chi connectivity index (χ0) is 9.42. The molecule has 0 aliphatic rings. The van der Waals surface area contributed by atoms with Gasteiger partial charge in [-0.25, -0.2) is 9.78 Å². The standard InChI is InChI=1S/C8H4FNO2S/c9-8-10-5-3-1-2-4(7(11)12)6(5)13-8/h1-3H,(H,11,12). The number of thiazole rings is 1. The van der Waals surface area contributed by atoms with E-state index in [0.717, 1.165) is 11.3 Å². The van der Waals surface area contributed by atoms with E-state index < -0.39 is 11.2 Å². The monoisotopic (exact) mass is 197 g/mol. The molecule has 0 aliphatic heterocycles. The predicted molar refractivity (Wildman–Crippen MR) is 46.5 cm³/mol. The van der Waals surface area contributed by atoms with E-state index in [1.165, 1.54) is 6.07 Å². The average Bonchev–Trinajstić information content (AvgIpc) is 2.43. The molecule has 0 bridgehead atoms. The molecular formula is C8H4FNO2S. The highest BCUT2D eigenvalue weighted by Crippen LogP contribution is 2.24. The first kappa shape index (κ1) is 8.12. The topological polar surface area (TPSA) is 50.2 Å². The van der Waals surface area contributed by atoms with E-state index in [-0.39, 0.29) is 5.56 Å². The molecule has 13 heavy (non-hydrogen) atoms. The Hall–Kier alpha value is -1.49. The van der Waals surface area contributed by atoms with Gasteiger partial charge in [0.15, 0.2) is 0 Å². The van der Waals surface area contributed by atoms with Crippen LogP contribution in [0.25, 0.3) is 10.2 Å². The quantitative estimate of drug-likeness (QED) is 0.761. The molecule has 0 unspecified atom stereocenters. The Morgan fingerprint density at radius 2 is 2.31 bits per heavy atom. The maximum Gasteiger partial charge on any atom is 0.337 e. The van der Waals surface area contributed by atoms with Crippen molar-refractivity contribution in [3.8, 4) is 0 Å². The van der Waals surface area contributed by atoms with Crippen LogP contribution in [-0.4, -0.2) is 16.1 Å². The van der Waals surface area contributed by atoms with Gasteiger partial charge in [-0.2, -0.15) is 4.39 Å². The van der Waals surface area contributed by atoms with E-state index in [9.17, 15) is 9.18 Å². The maximum atomic E-state index is 12.7. The van der Waals surface area contributed by atoms with E-state index in [4.69, 9.17) is 5.11 Å². The fraction of sp³-hybridized carbons (Fsp3) is 0. The minimum absolute atomic E-state index is 0.0962. The summed E-state index contributed by atoms with van der Waals surface area (Å²) in [5.74, 6) is -1.06. The highest BCUT2D eigenvalue weighted by Gasteiger charge is 2.11. The molecular weight excluding hydrogens is 193 g/mol. The van der Waals surface area contributed by atoms with Crippen LogP contribution in [-0.2, 0) is 0 Å². The minimum Gasteiger partial charge on any atom is -0.478 e. The number of hydrogen-bond acceptors (Lipinski definition) is 3. The molecule has 0 aliphatic carbocycles. The van der Waals surface area contributed by atoms with E-state index in [0.29, 0.717) is 10.2 Å². The number of hydrogen-bond donors (Lipinski definition) is 1. The SMILES string of the molecule is O=C(O)c1cccc2nc(F)sc12. The molecule has 1 aromatic carbocycles. The van der Waals surface area contributed by atoms with Gasteiger partial charge in [0.05, 0.1) is 15.8 Å². The third kappa shape index (κ3) is 1.27. The lowest BCUT2D eigenvalue weighted by Crippen LogP contribution is -1.95. The third-order valence-electron chi connectivity index (χ3n) is 1.62. The number of halogens is 1. The Bertz CT molecular complexity index is 480. The van der Waals surface area contributed by atoms with E-state index in [2.05, 4.69) is 4.98 Å². The maximum absolute atomic E-state index is 12.7. The van der Waals surface area contributed by atoms with Crippen LogP contribution in [0.3, 0.4) is 0 Å². The van der Waals surface area contributed by atoms with Crippen molar-refractivity contribution in [2.75, 3.05) is 0 Å². The molecule has 5 heteroatoms. The summed E-state index contributed by atoms with van der Waals surface area (Å²) in [5, 5.41) is 8.14. The second-order valence-electron chi connectivity index (χ2n) is 2.43. The highest BCUT2D eigenvalue weighted by molar-refractivity contribution is 7.17. The molecule has 0 radical (unpaired) electrons. The molecule has 2 aromatic rings. The summed E-state index contributed by atoms with van der Waals surface area (Å²) in [5.41, 5.74) is 0.487. The smallest absolute Gasteiger partial charge is 0.337 e. The van der Waals surface area contributed by atoms with E-state index in [1.54, 1.807) is 12.1 Å². The molecule has 66 valence electrons. The summed E-state index contributed by atoms with van der Waals surface area (Å²) < 4.78 is 13.1. The average molecular weight is 197 g/mol. The molecule has 0 spiro atoms. The van der Waals surface area contributed by atoms with Crippen LogP contribution in [0, 0.1) is 5.26 Å². The lowest BCUT2D eigenvalue weighted by molar-refractivity contribution is 0.0699. The van der Waals surface area contributed by atoms with Crippen molar-refractivity contribution in [3.05, 3.63) is 29.0 Å². The molecule has 2 rings (SSSR count). The number of fused-ring (bicyclic) bond motifs is 1. The zero-order valence-corrected chi connectivity index (χ0v) is 7.14. The molecule has 1 N–H and O–H groups in total. The first-order chi connectivity index (χ1) is 6.18. The molecule has 1 heterocycles. The Kier molecular flexibility index (Phi) is 1.73. The summed E-state index contributed by atoms with van der Waals surface area (Å²) in [6.07, 6.45) is 0. The van der Waals surface area contributed by atoms with Crippen molar-refractivity contribution < 1.29 is 14.3 Å². The lowest BCUT2D eigenvalue weighted by atomic mass is 10.2. The van der Waals surface area contributed by atoms with Gasteiger partial charge >= 0.3 is 5.97 Å². The number of carbonyl (C=O) groups is 1. The molecule has 3 nitrogen and oxygen atoms in total. The van der Waals surface area contributed by atoms with Crippen LogP contribution in [0.15, 0.2) is 18.2 Å². The molecule has 1 aromatic heterocycles. The van der Waals surface area contributed by atoms with Gasteiger partial charge in [-0.1, -0.05) is 17.4 Å². The molecule has 0 atom stereocenters. The van der Waals surface area contributed by atoms with Crippen molar-refractivity contribution in [3.63, 3.8) is 0 Å². The van der Waals surface area contributed by atoms with Gasteiger partial charge in [0.25, 0.3) is 5.26 Å². The summed E-state index contributed by atoms with van der Waals surface area (Å²) >= 11 is 0.748. The minimum atomic E-state index is -1.06. The van der Waals surface area contributed by atoms with Gasteiger partial charge in [0.1, 0.15) is 0 Å². The van der Waals surface area contributed by atoms with Crippen LogP contribution in [0.5, 0.6) is 0 Å². The van der Waals surface area contributed by atoms with Gasteiger partial charge in [-0.15, -0.1) is 0 Å². The first-order valence-electron chi connectivity index (χ1n) is 3.47. The van der Waals surface area contributed by atoms with Crippen LogP contribution in [0.2, 0.25) is 0 Å². The van der Waals surface area contributed by atoms with Gasteiger partial charge in [0, 0.05) is 0 Å². The van der Waals surface area contributed by atoms with Crippen LogP contribution in [0.4, 0.5) is 4.39 Å². The Morgan fingerprint density at radius 3 is 3.00 bits per heavy atom. The molecule has 0 fully saturated rings. The summed E-state index contributed by atoms with van der Waals surface area (Å²) in [6.45, 7) is 0. The number of rotatable bonds is 1. The third-order valence-corrected chi connectivity index (χ3v) is 2.51. The van der Waals surface area contributed by atoms with E-state index >= 15 is 0 Å². The summed E-state index contributed by atoms with van der Waals surface area (Å²) in [7, 11) is 0. The van der Waals surface area contributed by atoms with Crippen molar-refractivity contribution in [2.24, 2.45) is 0 Å². The predicted octanol–water partition coefficient (Wildman–Crippen LogP) is 2.13. The largest absolute Gasteiger partial charge is 0.478 e. The normalized spacial score (nSPS) is 10.5. The Morgan fingerprint density at radius 1 is 1.54 bits per heavy atom. The van der Waals surface area contributed by atoms with Crippen molar-refractivity contribution in [1.82, 2.24) is 4.98 Å². The molecule has 0 amide bonds. The highest BCUT2D eigenvalue weighted by atomic mass is 32.1. The van der Waals surface area contributed by atoms with Crippen molar-refractivity contribution >= 4 is 27.5 Å². The first-order valence-corrected chi connectivity index (χ1v) is 4.28. The fourth-order valence-corrected chi connectivity index (χ4v) is 1.89. The number of nitrogens with zero attached hydrogens (tertiary/aromatic N) is 1. The summed E-state index contributed by atoms with van der Waals surface area (Å²) in [6, 6.07) is 4.56. The van der Waals surface area contributed by atoms with Crippen LogP contribution >= 0.6 is 11.3 Å². The van der Waals surface area contributed by atoms with Crippen LogP contribution in [0.1, 0.15) is 10.4 Å². The molecule has 0 saturated heterocycles. The number of carboxylic acid groups (broad SMARTS) is 1. The van der Waals surface area contributed by atoms with Crippen molar-refractivity contribution in [1.29, 1.82) is 0 Å². The number of aromatic nitrogens is 1.